The number of aliphatic hydroxyl groups excluding tert-OH is 1. The van der Waals surface area contributed by atoms with E-state index in [1.807, 2.05) is 30.3 Å². The minimum absolute atomic E-state index is 0.0720. The Bertz CT molecular complexity index is 1280. The Kier molecular flexibility index (Phi) is 7.68. The Labute approximate surface area is 223 Å². The SMILES string of the molecule is CCC1=C(C2=CC[C@@H](C[C@H](NC(=O)OCC3c4ccccc4-c4ccccc43)C(=O)O)CC2)CCC(O)=C1. The van der Waals surface area contributed by atoms with Gasteiger partial charge in [-0.15, -0.1) is 0 Å². The minimum Gasteiger partial charge on any atom is -0.512 e. The van der Waals surface area contributed by atoms with Gasteiger partial charge in [-0.1, -0.05) is 61.5 Å². The van der Waals surface area contributed by atoms with Crippen molar-refractivity contribution >= 4 is 12.1 Å². The lowest BCUT2D eigenvalue weighted by atomic mass is 9.79. The Hall–Kier alpha value is -3.80. The highest BCUT2D eigenvalue weighted by Gasteiger charge is 2.31. The van der Waals surface area contributed by atoms with Gasteiger partial charge in [0.2, 0.25) is 0 Å². The van der Waals surface area contributed by atoms with Gasteiger partial charge in [0.25, 0.3) is 0 Å². The van der Waals surface area contributed by atoms with Gasteiger partial charge in [0.15, 0.2) is 0 Å². The van der Waals surface area contributed by atoms with Gasteiger partial charge in [-0.25, -0.2) is 9.59 Å². The molecule has 0 radical (unpaired) electrons. The fourth-order valence-corrected chi connectivity index (χ4v) is 6.17. The molecular formula is C32H35NO5. The van der Waals surface area contributed by atoms with Crippen LogP contribution in [0.5, 0.6) is 0 Å². The van der Waals surface area contributed by atoms with Gasteiger partial charge in [0.05, 0.1) is 5.76 Å². The molecule has 198 valence electrons. The van der Waals surface area contributed by atoms with Gasteiger partial charge in [-0.05, 0) is 89.5 Å². The molecule has 3 aliphatic rings. The third kappa shape index (κ3) is 5.40. The summed E-state index contributed by atoms with van der Waals surface area (Å²) in [4.78, 5) is 24.7. The molecule has 2 aromatic carbocycles. The molecule has 3 N–H and O–H groups in total. The second-order valence-electron chi connectivity index (χ2n) is 10.5. The highest BCUT2D eigenvalue weighted by molar-refractivity contribution is 5.81. The summed E-state index contributed by atoms with van der Waals surface area (Å²) in [6, 6.07) is 15.2. The number of nitrogens with one attached hydrogen (secondary N) is 1. The third-order valence-corrected chi connectivity index (χ3v) is 8.15. The molecule has 38 heavy (non-hydrogen) atoms. The molecule has 2 aromatic rings. The van der Waals surface area contributed by atoms with Crippen molar-refractivity contribution in [2.24, 2.45) is 5.92 Å². The Morgan fingerprint density at radius 1 is 1.03 bits per heavy atom. The van der Waals surface area contributed by atoms with Crippen molar-refractivity contribution in [1.29, 1.82) is 0 Å². The normalized spacial score (nSPS) is 19.7. The molecule has 1 amide bonds. The smallest absolute Gasteiger partial charge is 0.407 e. The highest BCUT2D eigenvalue weighted by Crippen LogP contribution is 2.44. The monoisotopic (exact) mass is 513 g/mol. The zero-order valence-electron chi connectivity index (χ0n) is 21.8. The van der Waals surface area contributed by atoms with Crippen LogP contribution in [0.15, 0.2) is 83.2 Å². The average molecular weight is 514 g/mol. The van der Waals surface area contributed by atoms with Gasteiger partial charge in [-0.3, -0.25) is 0 Å². The summed E-state index contributed by atoms with van der Waals surface area (Å²) < 4.78 is 5.58. The second kappa shape index (κ2) is 11.3. The molecule has 6 heteroatoms. The van der Waals surface area contributed by atoms with Crippen LogP contribution in [0.3, 0.4) is 0 Å². The molecule has 0 fully saturated rings. The molecule has 0 spiro atoms. The van der Waals surface area contributed by atoms with E-state index in [1.165, 1.54) is 16.7 Å². The van der Waals surface area contributed by atoms with E-state index in [0.717, 1.165) is 54.4 Å². The molecule has 0 aliphatic heterocycles. The number of carbonyl (C=O) groups is 2. The van der Waals surface area contributed by atoms with E-state index < -0.39 is 18.1 Å². The number of rotatable bonds is 8. The van der Waals surface area contributed by atoms with Gasteiger partial charge in [-0.2, -0.15) is 0 Å². The van der Waals surface area contributed by atoms with Crippen molar-refractivity contribution in [2.75, 3.05) is 6.61 Å². The molecule has 6 nitrogen and oxygen atoms in total. The number of alkyl carbamates (subject to hydrolysis) is 1. The molecule has 0 saturated heterocycles. The van der Waals surface area contributed by atoms with Gasteiger partial charge >= 0.3 is 12.1 Å². The fraction of sp³-hybridized carbons (Fsp3) is 0.375. The van der Waals surface area contributed by atoms with Crippen LogP contribution < -0.4 is 5.32 Å². The maximum atomic E-state index is 12.7. The number of carbonyl (C=O) groups excluding carboxylic acids is 1. The van der Waals surface area contributed by atoms with Crippen molar-refractivity contribution < 1.29 is 24.5 Å². The first-order valence-corrected chi connectivity index (χ1v) is 13.6. The average Bonchev–Trinajstić information content (AvgIpc) is 3.25. The fourth-order valence-electron chi connectivity index (χ4n) is 6.17. The molecule has 0 saturated carbocycles. The number of carboxylic acid groups (broad SMARTS) is 1. The summed E-state index contributed by atoms with van der Waals surface area (Å²) in [6.07, 6.45) is 8.72. The third-order valence-electron chi connectivity index (χ3n) is 8.15. The number of hydrogen-bond acceptors (Lipinski definition) is 4. The predicted octanol–water partition coefficient (Wildman–Crippen LogP) is 7.04. The number of carboxylic acids is 1. The number of fused-ring (bicyclic) bond motifs is 3. The van der Waals surface area contributed by atoms with E-state index in [4.69, 9.17) is 4.74 Å². The molecule has 3 aliphatic carbocycles. The summed E-state index contributed by atoms with van der Waals surface area (Å²) in [6.45, 7) is 2.25. The van der Waals surface area contributed by atoms with E-state index in [0.29, 0.717) is 18.6 Å². The standard InChI is InChI=1S/C32H35NO5/c1-2-21-18-23(34)15-16-24(21)22-13-11-20(12-14-22)17-30(31(35)36)33-32(37)38-19-29-27-9-5-3-7-25(27)26-8-4-6-10-28(26)29/h3-10,13,18,20,29-30,34H,2,11-12,14-17,19H2,1H3,(H,33,37)(H,35,36)/t20-,30+/m1/s1. The van der Waals surface area contributed by atoms with Gasteiger partial charge in [0, 0.05) is 12.3 Å². The Balaban J connectivity index is 1.18. The number of benzene rings is 2. The number of aliphatic hydroxyl groups is 1. The molecule has 2 atom stereocenters. The van der Waals surface area contributed by atoms with Crippen LogP contribution in [-0.4, -0.2) is 34.9 Å². The number of aliphatic carboxylic acids is 1. The molecule has 0 heterocycles. The Morgan fingerprint density at radius 3 is 2.32 bits per heavy atom. The van der Waals surface area contributed by atoms with E-state index in [-0.39, 0.29) is 18.4 Å². The van der Waals surface area contributed by atoms with Crippen molar-refractivity contribution in [1.82, 2.24) is 5.32 Å². The summed E-state index contributed by atoms with van der Waals surface area (Å²) in [5.74, 6) is -0.496. The Morgan fingerprint density at radius 2 is 1.71 bits per heavy atom. The first kappa shape index (κ1) is 25.8. The van der Waals surface area contributed by atoms with Crippen LogP contribution in [0, 0.1) is 5.92 Å². The second-order valence-corrected chi connectivity index (χ2v) is 10.5. The van der Waals surface area contributed by atoms with E-state index in [9.17, 15) is 19.8 Å². The van der Waals surface area contributed by atoms with Crippen molar-refractivity contribution in [2.45, 2.75) is 63.8 Å². The summed E-state index contributed by atoms with van der Waals surface area (Å²) in [7, 11) is 0. The highest BCUT2D eigenvalue weighted by atomic mass is 16.5. The molecule has 0 bridgehead atoms. The molecule has 0 aromatic heterocycles. The quantitative estimate of drug-likeness (QED) is 0.352. The molecule has 5 rings (SSSR count). The topological polar surface area (TPSA) is 95.9 Å². The van der Waals surface area contributed by atoms with E-state index >= 15 is 0 Å². The number of ether oxygens (including phenoxy) is 1. The number of hydrogen-bond donors (Lipinski definition) is 3. The van der Waals surface area contributed by atoms with Crippen molar-refractivity contribution in [3.63, 3.8) is 0 Å². The molecular weight excluding hydrogens is 478 g/mol. The van der Waals surface area contributed by atoms with Crippen LogP contribution in [-0.2, 0) is 9.53 Å². The van der Waals surface area contributed by atoms with Crippen molar-refractivity contribution in [3.05, 3.63) is 94.3 Å². The number of amides is 1. The van der Waals surface area contributed by atoms with Gasteiger partial charge in [0.1, 0.15) is 12.6 Å². The lowest BCUT2D eigenvalue weighted by Crippen LogP contribution is -2.42. The number of allylic oxidation sites excluding steroid dienone is 6. The lowest BCUT2D eigenvalue weighted by molar-refractivity contribution is -0.139. The van der Waals surface area contributed by atoms with Crippen LogP contribution in [0.25, 0.3) is 11.1 Å². The maximum absolute atomic E-state index is 12.7. The van der Waals surface area contributed by atoms with Crippen LogP contribution in [0.4, 0.5) is 4.79 Å². The largest absolute Gasteiger partial charge is 0.512 e. The maximum Gasteiger partial charge on any atom is 0.407 e. The van der Waals surface area contributed by atoms with Gasteiger partial charge < -0.3 is 20.3 Å². The van der Waals surface area contributed by atoms with Crippen molar-refractivity contribution in [3.8, 4) is 11.1 Å². The van der Waals surface area contributed by atoms with E-state index in [2.05, 4.69) is 42.6 Å². The summed E-state index contributed by atoms with van der Waals surface area (Å²) >= 11 is 0. The zero-order valence-corrected chi connectivity index (χ0v) is 21.8. The lowest BCUT2D eigenvalue weighted by Gasteiger charge is -2.28. The summed E-state index contributed by atoms with van der Waals surface area (Å²) in [5, 5.41) is 22.3. The molecule has 0 unspecified atom stereocenters. The van der Waals surface area contributed by atoms with E-state index in [1.54, 1.807) is 0 Å². The first-order valence-electron chi connectivity index (χ1n) is 13.6. The summed E-state index contributed by atoms with van der Waals surface area (Å²) in [5.41, 5.74) is 8.37. The van der Waals surface area contributed by atoms with Crippen LogP contribution in [0.2, 0.25) is 0 Å². The predicted molar refractivity (Wildman–Crippen MR) is 147 cm³/mol. The first-order chi connectivity index (χ1) is 18.4. The van der Waals surface area contributed by atoms with Crippen LogP contribution >= 0.6 is 0 Å². The minimum atomic E-state index is -1.04. The van der Waals surface area contributed by atoms with Crippen LogP contribution in [0.1, 0.15) is 68.9 Å². The zero-order chi connectivity index (χ0) is 26.6.